The van der Waals surface area contributed by atoms with Gasteiger partial charge in [0.2, 0.25) is 11.8 Å². The van der Waals surface area contributed by atoms with E-state index >= 15 is 0 Å². The molecule has 0 bridgehead atoms. The number of aromatic hydroxyl groups is 1. The van der Waals surface area contributed by atoms with Crippen molar-refractivity contribution in [1.82, 2.24) is 9.97 Å². The molecule has 6 heteroatoms. The van der Waals surface area contributed by atoms with Crippen LogP contribution in [0, 0.1) is 0 Å². The zero-order chi connectivity index (χ0) is 11.8. The molecule has 2 heterocycles. The van der Waals surface area contributed by atoms with Crippen molar-refractivity contribution in [2.24, 2.45) is 0 Å². The third kappa shape index (κ3) is 4.14. The van der Waals surface area contributed by atoms with Gasteiger partial charge in [-0.3, -0.25) is 0 Å². The molecular formula is C10H12N2O3S. The molecule has 0 aliphatic rings. The first-order chi connectivity index (χ1) is 7.76. The molecule has 0 saturated heterocycles. The molecule has 0 aliphatic carbocycles. The van der Waals surface area contributed by atoms with Gasteiger partial charge in [-0.2, -0.15) is 0 Å². The van der Waals surface area contributed by atoms with E-state index in [1.54, 1.807) is 32.4 Å². The number of hydrogen-bond donors (Lipinski definition) is 1. The van der Waals surface area contributed by atoms with E-state index in [0.29, 0.717) is 16.8 Å². The molecule has 0 saturated carbocycles. The zero-order valence-corrected chi connectivity index (χ0v) is 9.77. The molecule has 86 valence electrons. The lowest BCUT2D eigenvalue weighted by Gasteiger charge is -1.99. The van der Waals surface area contributed by atoms with Crippen LogP contribution in [-0.4, -0.2) is 29.3 Å². The highest BCUT2D eigenvalue weighted by Crippen LogP contribution is 2.14. The maximum absolute atomic E-state index is 8.49. The van der Waals surface area contributed by atoms with E-state index in [1.807, 2.05) is 5.38 Å². The Hall–Kier alpha value is -1.82. The van der Waals surface area contributed by atoms with E-state index in [0.717, 1.165) is 0 Å². The second-order valence-electron chi connectivity index (χ2n) is 2.55. The maximum atomic E-state index is 8.49. The summed E-state index contributed by atoms with van der Waals surface area (Å²) in [7, 11) is 3.09. The summed E-state index contributed by atoms with van der Waals surface area (Å²) in [5.41, 5.74) is 0. The van der Waals surface area contributed by atoms with Crippen LogP contribution in [0.3, 0.4) is 0 Å². The summed E-state index contributed by atoms with van der Waals surface area (Å²) in [4.78, 5) is 7.58. The van der Waals surface area contributed by atoms with Gasteiger partial charge in [-0.05, 0) is 17.5 Å². The van der Waals surface area contributed by atoms with Crippen LogP contribution in [0.15, 0.2) is 29.9 Å². The lowest BCUT2D eigenvalue weighted by molar-refractivity contribution is 0.371. The molecule has 0 aliphatic heterocycles. The predicted octanol–water partition coefficient (Wildman–Crippen LogP) is 1.95. The minimum atomic E-state index is 0.384. The topological polar surface area (TPSA) is 64.5 Å². The normalized spacial score (nSPS) is 8.88. The molecule has 0 aromatic carbocycles. The second kappa shape index (κ2) is 6.62. The van der Waals surface area contributed by atoms with Gasteiger partial charge in [0.05, 0.1) is 20.3 Å². The Morgan fingerprint density at radius 2 is 1.81 bits per heavy atom. The number of methoxy groups -OCH3 is 2. The molecule has 0 spiro atoms. The summed E-state index contributed by atoms with van der Waals surface area (Å²) < 4.78 is 9.65. The van der Waals surface area contributed by atoms with Crippen LogP contribution in [0.5, 0.6) is 16.8 Å². The number of thiophene rings is 1. The van der Waals surface area contributed by atoms with Crippen LogP contribution in [0.2, 0.25) is 0 Å². The molecule has 0 atom stereocenters. The van der Waals surface area contributed by atoms with Crippen molar-refractivity contribution in [2.45, 2.75) is 0 Å². The van der Waals surface area contributed by atoms with Crippen LogP contribution in [-0.2, 0) is 0 Å². The van der Waals surface area contributed by atoms with Gasteiger partial charge in [0.1, 0.15) is 6.33 Å². The van der Waals surface area contributed by atoms with E-state index in [1.165, 1.54) is 17.7 Å². The summed E-state index contributed by atoms with van der Waals surface area (Å²) in [5.74, 6) is 1.01. The molecule has 0 radical (unpaired) electrons. The van der Waals surface area contributed by atoms with Crippen molar-refractivity contribution in [1.29, 1.82) is 0 Å². The third-order valence-electron chi connectivity index (χ3n) is 1.54. The molecular weight excluding hydrogens is 228 g/mol. The Balaban J connectivity index is 0.000000181. The van der Waals surface area contributed by atoms with E-state index < -0.39 is 0 Å². The van der Waals surface area contributed by atoms with Gasteiger partial charge in [-0.15, -0.1) is 11.3 Å². The molecule has 16 heavy (non-hydrogen) atoms. The highest BCUT2D eigenvalue weighted by molar-refractivity contribution is 7.11. The van der Waals surface area contributed by atoms with Gasteiger partial charge >= 0.3 is 0 Å². The minimum Gasteiger partial charge on any atom is -0.499 e. The quantitative estimate of drug-likeness (QED) is 0.869. The van der Waals surface area contributed by atoms with Crippen LogP contribution >= 0.6 is 11.3 Å². The van der Waals surface area contributed by atoms with Gasteiger partial charge in [-0.25, -0.2) is 9.97 Å². The summed E-state index contributed by atoms with van der Waals surface area (Å²) in [5, 5.41) is 10.7. The molecule has 0 amide bonds. The molecule has 2 aromatic heterocycles. The van der Waals surface area contributed by atoms with Crippen molar-refractivity contribution in [3.05, 3.63) is 29.9 Å². The third-order valence-corrected chi connectivity index (χ3v) is 2.21. The molecule has 1 N–H and O–H groups in total. The Labute approximate surface area is 97.3 Å². The number of ether oxygens (including phenoxy) is 2. The Morgan fingerprint density at radius 3 is 2.12 bits per heavy atom. The molecule has 0 fully saturated rings. The highest BCUT2D eigenvalue weighted by atomic mass is 32.1. The van der Waals surface area contributed by atoms with E-state index in [2.05, 4.69) is 9.97 Å². The van der Waals surface area contributed by atoms with E-state index in [4.69, 9.17) is 14.6 Å². The summed E-state index contributed by atoms with van der Waals surface area (Å²) in [6, 6.07) is 5.07. The minimum absolute atomic E-state index is 0.384. The first-order valence-corrected chi connectivity index (χ1v) is 5.26. The largest absolute Gasteiger partial charge is 0.499 e. The van der Waals surface area contributed by atoms with Crippen molar-refractivity contribution >= 4 is 11.3 Å². The van der Waals surface area contributed by atoms with Crippen molar-refractivity contribution < 1.29 is 14.6 Å². The van der Waals surface area contributed by atoms with Gasteiger partial charge in [0.15, 0.2) is 5.06 Å². The fourth-order valence-electron chi connectivity index (χ4n) is 0.816. The first kappa shape index (κ1) is 12.3. The Kier molecular flexibility index (Phi) is 5.07. The molecule has 0 unspecified atom stereocenters. The van der Waals surface area contributed by atoms with Crippen molar-refractivity contribution in [3.8, 4) is 16.8 Å². The summed E-state index contributed by atoms with van der Waals surface area (Å²) in [6.45, 7) is 0. The standard InChI is InChI=1S/C6H8N2O2.C4H4OS/c1-9-5-3-6(10-2)8-4-7-5;5-4-2-1-3-6-4/h3-4H,1-2H3;1-3,5H. The highest BCUT2D eigenvalue weighted by Gasteiger charge is 1.94. The summed E-state index contributed by atoms with van der Waals surface area (Å²) >= 11 is 1.33. The predicted molar refractivity (Wildman–Crippen MR) is 61.1 cm³/mol. The zero-order valence-electron chi connectivity index (χ0n) is 8.95. The average Bonchev–Trinajstić information content (AvgIpc) is 2.81. The second-order valence-corrected chi connectivity index (χ2v) is 3.48. The van der Waals surface area contributed by atoms with Crippen LogP contribution < -0.4 is 9.47 Å². The lowest BCUT2D eigenvalue weighted by Crippen LogP contribution is -1.91. The fourth-order valence-corrected chi connectivity index (χ4v) is 1.27. The van der Waals surface area contributed by atoms with Crippen LogP contribution in [0.1, 0.15) is 0 Å². The van der Waals surface area contributed by atoms with Gasteiger partial charge in [0, 0.05) is 0 Å². The van der Waals surface area contributed by atoms with Crippen LogP contribution in [0.4, 0.5) is 0 Å². The SMILES string of the molecule is COc1cc(OC)ncn1.Oc1cccs1. The van der Waals surface area contributed by atoms with E-state index in [9.17, 15) is 0 Å². The van der Waals surface area contributed by atoms with Gasteiger partial charge in [0.25, 0.3) is 0 Å². The summed E-state index contributed by atoms with van der Waals surface area (Å²) in [6.07, 6.45) is 1.39. The monoisotopic (exact) mass is 240 g/mol. The Morgan fingerprint density at radius 1 is 1.19 bits per heavy atom. The van der Waals surface area contributed by atoms with Crippen LogP contribution in [0.25, 0.3) is 0 Å². The van der Waals surface area contributed by atoms with Gasteiger partial charge < -0.3 is 14.6 Å². The molecule has 2 rings (SSSR count). The molecule has 5 nitrogen and oxygen atoms in total. The number of rotatable bonds is 2. The van der Waals surface area contributed by atoms with E-state index in [-0.39, 0.29) is 0 Å². The smallest absolute Gasteiger partial charge is 0.219 e. The van der Waals surface area contributed by atoms with Crippen molar-refractivity contribution in [2.75, 3.05) is 14.2 Å². The number of hydrogen-bond acceptors (Lipinski definition) is 6. The number of aromatic nitrogens is 2. The fraction of sp³-hybridized carbons (Fsp3) is 0.200. The Bertz CT molecular complexity index is 387. The van der Waals surface area contributed by atoms with Gasteiger partial charge in [-0.1, -0.05) is 0 Å². The van der Waals surface area contributed by atoms with Crippen molar-refractivity contribution in [3.63, 3.8) is 0 Å². The first-order valence-electron chi connectivity index (χ1n) is 4.38. The maximum Gasteiger partial charge on any atom is 0.219 e. The molecule has 2 aromatic rings. The number of nitrogens with zero attached hydrogens (tertiary/aromatic N) is 2. The lowest BCUT2D eigenvalue weighted by atomic mass is 10.6. The average molecular weight is 240 g/mol.